The zero-order valence-electron chi connectivity index (χ0n) is 10.5. The molecule has 1 N–H and O–H groups in total. The molecule has 0 amide bonds. The third kappa shape index (κ3) is 2.47. The van der Waals surface area contributed by atoms with Crippen molar-refractivity contribution >= 4 is 0 Å². The quantitative estimate of drug-likeness (QED) is 0.845. The molecule has 0 bridgehead atoms. The van der Waals surface area contributed by atoms with Crippen LogP contribution in [0.15, 0.2) is 18.2 Å². The smallest absolute Gasteiger partial charge is 0.123 e. The number of hydrogen-bond donors (Lipinski definition) is 1. The summed E-state index contributed by atoms with van der Waals surface area (Å²) in [5.74, 6) is 1.10. The first kappa shape index (κ1) is 11.1. The normalized spacial score (nSPS) is 27.6. The molecule has 2 heteroatoms. The highest BCUT2D eigenvalue weighted by atomic mass is 16.5. The largest absolute Gasteiger partial charge is 0.490 e. The van der Waals surface area contributed by atoms with Gasteiger partial charge in [0, 0.05) is 12.5 Å². The minimum atomic E-state index is 0.355. The predicted molar refractivity (Wildman–Crippen MR) is 69.6 cm³/mol. The number of piperidine rings is 1. The molecule has 92 valence electrons. The van der Waals surface area contributed by atoms with Crippen LogP contribution in [0.5, 0.6) is 5.75 Å². The van der Waals surface area contributed by atoms with Crippen LogP contribution in [0.25, 0.3) is 0 Å². The lowest BCUT2D eigenvalue weighted by atomic mass is 9.96. The lowest BCUT2D eigenvalue weighted by Gasteiger charge is -2.23. The Morgan fingerprint density at radius 1 is 1.35 bits per heavy atom. The van der Waals surface area contributed by atoms with Crippen molar-refractivity contribution in [1.82, 2.24) is 5.32 Å². The Morgan fingerprint density at radius 3 is 3.12 bits per heavy atom. The van der Waals surface area contributed by atoms with E-state index in [1.165, 1.54) is 43.4 Å². The Kier molecular flexibility index (Phi) is 3.06. The molecule has 1 saturated heterocycles. The molecule has 1 aromatic rings. The number of nitrogens with one attached hydrogen (secondary N) is 1. The van der Waals surface area contributed by atoms with Gasteiger partial charge in [0.1, 0.15) is 11.9 Å². The van der Waals surface area contributed by atoms with Crippen LogP contribution in [0, 0.1) is 0 Å². The molecule has 2 nitrogen and oxygen atoms in total. The molecular formula is C15H21NO. The van der Waals surface area contributed by atoms with Gasteiger partial charge in [-0.3, -0.25) is 0 Å². The molecule has 0 aliphatic carbocycles. The summed E-state index contributed by atoms with van der Waals surface area (Å²) >= 11 is 0. The molecule has 0 aromatic heterocycles. The van der Waals surface area contributed by atoms with E-state index in [9.17, 15) is 0 Å². The third-order valence-electron chi connectivity index (χ3n) is 3.85. The van der Waals surface area contributed by atoms with E-state index in [0.29, 0.717) is 12.1 Å². The molecule has 2 heterocycles. The first-order chi connectivity index (χ1) is 8.31. The van der Waals surface area contributed by atoms with Crippen LogP contribution in [-0.2, 0) is 12.8 Å². The summed E-state index contributed by atoms with van der Waals surface area (Å²) in [4.78, 5) is 0. The second kappa shape index (κ2) is 4.69. The van der Waals surface area contributed by atoms with Crippen LogP contribution in [0.3, 0.4) is 0 Å². The third-order valence-corrected chi connectivity index (χ3v) is 3.85. The summed E-state index contributed by atoms with van der Waals surface area (Å²) in [6.45, 7) is 3.33. The van der Waals surface area contributed by atoms with Gasteiger partial charge in [0.2, 0.25) is 0 Å². The van der Waals surface area contributed by atoms with Crippen LogP contribution in [0.2, 0.25) is 0 Å². The summed E-state index contributed by atoms with van der Waals surface area (Å²) < 4.78 is 5.74. The summed E-state index contributed by atoms with van der Waals surface area (Å²) in [5.41, 5.74) is 2.85. The van der Waals surface area contributed by atoms with E-state index in [1.54, 1.807) is 0 Å². The van der Waals surface area contributed by atoms with E-state index < -0.39 is 0 Å². The highest BCUT2D eigenvalue weighted by molar-refractivity contribution is 5.40. The van der Waals surface area contributed by atoms with Gasteiger partial charge < -0.3 is 10.1 Å². The van der Waals surface area contributed by atoms with Gasteiger partial charge >= 0.3 is 0 Å². The molecule has 2 atom stereocenters. The summed E-state index contributed by atoms with van der Waals surface area (Å²) in [6.07, 6.45) is 6.63. The number of benzene rings is 1. The minimum absolute atomic E-state index is 0.355. The van der Waals surface area contributed by atoms with E-state index in [4.69, 9.17) is 4.74 Å². The number of ether oxygens (including phenoxy) is 1. The first-order valence-corrected chi connectivity index (χ1v) is 6.83. The average molecular weight is 231 g/mol. The van der Waals surface area contributed by atoms with Crippen molar-refractivity contribution in [3.63, 3.8) is 0 Å². The second-order valence-corrected chi connectivity index (χ2v) is 5.43. The van der Waals surface area contributed by atoms with Gasteiger partial charge in [-0.05, 0) is 49.9 Å². The van der Waals surface area contributed by atoms with Crippen molar-refractivity contribution in [2.45, 2.75) is 51.2 Å². The van der Waals surface area contributed by atoms with Crippen molar-refractivity contribution in [3.8, 4) is 5.75 Å². The Labute approximate surface area is 103 Å². The Balaban J connectivity index is 1.69. The topological polar surface area (TPSA) is 21.3 Å². The second-order valence-electron chi connectivity index (χ2n) is 5.43. The fourth-order valence-corrected chi connectivity index (χ4v) is 2.99. The predicted octanol–water partition coefficient (Wildman–Crippen LogP) is 2.69. The van der Waals surface area contributed by atoms with Crippen LogP contribution in [0.1, 0.15) is 37.3 Å². The van der Waals surface area contributed by atoms with Gasteiger partial charge in [0.05, 0.1) is 0 Å². The molecule has 2 unspecified atom stereocenters. The van der Waals surface area contributed by atoms with E-state index >= 15 is 0 Å². The van der Waals surface area contributed by atoms with E-state index in [2.05, 4.69) is 30.4 Å². The Bertz CT molecular complexity index is 396. The van der Waals surface area contributed by atoms with Crippen LogP contribution in [-0.4, -0.2) is 18.7 Å². The summed E-state index contributed by atoms with van der Waals surface area (Å²) in [5, 5.41) is 3.61. The van der Waals surface area contributed by atoms with Gasteiger partial charge in [-0.25, -0.2) is 0 Å². The minimum Gasteiger partial charge on any atom is -0.490 e. The van der Waals surface area contributed by atoms with Gasteiger partial charge in [-0.15, -0.1) is 0 Å². The molecule has 1 fully saturated rings. The molecule has 0 radical (unpaired) electrons. The SMILES string of the molecule is CC1Cc2cc(CC3CCCCN3)ccc2O1. The Hall–Kier alpha value is -1.02. The van der Waals surface area contributed by atoms with Crippen molar-refractivity contribution in [2.24, 2.45) is 0 Å². The standard InChI is InChI=1S/C15H21NO/c1-11-8-13-9-12(5-6-15(13)17-11)10-14-4-2-3-7-16-14/h5-6,9,11,14,16H,2-4,7-8,10H2,1H3. The summed E-state index contributed by atoms with van der Waals surface area (Å²) in [7, 11) is 0. The van der Waals surface area contributed by atoms with Crippen molar-refractivity contribution in [2.75, 3.05) is 6.54 Å². The Morgan fingerprint density at radius 2 is 2.29 bits per heavy atom. The summed E-state index contributed by atoms with van der Waals surface area (Å²) in [6, 6.07) is 7.40. The van der Waals surface area contributed by atoms with Crippen LogP contribution in [0.4, 0.5) is 0 Å². The maximum absolute atomic E-state index is 5.74. The lowest BCUT2D eigenvalue weighted by molar-refractivity contribution is 0.254. The monoisotopic (exact) mass is 231 g/mol. The van der Waals surface area contributed by atoms with E-state index in [0.717, 1.165) is 12.2 Å². The lowest BCUT2D eigenvalue weighted by Crippen LogP contribution is -2.35. The van der Waals surface area contributed by atoms with Crippen molar-refractivity contribution < 1.29 is 4.74 Å². The molecular weight excluding hydrogens is 210 g/mol. The molecule has 1 aromatic carbocycles. The zero-order chi connectivity index (χ0) is 11.7. The van der Waals surface area contributed by atoms with E-state index in [1.807, 2.05) is 0 Å². The fourth-order valence-electron chi connectivity index (χ4n) is 2.99. The molecule has 3 rings (SSSR count). The van der Waals surface area contributed by atoms with E-state index in [-0.39, 0.29) is 0 Å². The van der Waals surface area contributed by atoms with Crippen molar-refractivity contribution in [1.29, 1.82) is 0 Å². The molecule has 2 aliphatic heterocycles. The highest BCUT2D eigenvalue weighted by Gasteiger charge is 2.20. The van der Waals surface area contributed by atoms with Crippen molar-refractivity contribution in [3.05, 3.63) is 29.3 Å². The number of hydrogen-bond acceptors (Lipinski definition) is 2. The molecule has 17 heavy (non-hydrogen) atoms. The first-order valence-electron chi connectivity index (χ1n) is 6.83. The van der Waals surface area contributed by atoms with Gasteiger partial charge in [0.15, 0.2) is 0 Å². The molecule has 2 aliphatic rings. The molecule has 0 spiro atoms. The van der Waals surface area contributed by atoms with Crippen LogP contribution < -0.4 is 10.1 Å². The maximum Gasteiger partial charge on any atom is 0.123 e. The number of rotatable bonds is 2. The average Bonchev–Trinajstić information content (AvgIpc) is 2.70. The van der Waals surface area contributed by atoms with Gasteiger partial charge in [-0.2, -0.15) is 0 Å². The number of fused-ring (bicyclic) bond motifs is 1. The van der Waals surface area contributed by atoms with Gasteiger partial charge in [0.25, 0.3) is 0 Å². The van der Waals surface area contributed by atoms with Gasteiger partial charge in [-0.1, -0.05) is 18.6 Å². The zero-order valence-corrected chi connectivity index (χ0v) is 10.5. The van der Waals surface area contributed by atoms with Crippen LogP contribution >= 0.6 is 0 Å². The fraction of sp³-hybridized carbons (Fsp3) is 0.600. The molecule has 0 saturated carbocycles. The maximum atomic E-state index is 5.74. The highest BCUT2D eigenvalue weighted by Crippen LogP contribution is 2.30.